The molecule has 0 saturated carbocycles. The maximum absolute atomic E-state index is 5.55. The van der Waals surface area contributed by atoms with Crippen LogP contribution in [0.4, 0.5) is 0 Å². The molecule has 0 aliphatic rings. The van der Waals surface area contributed by atoms with Crippen LogP contribution in [0.1, 0.15) is 32.3 Å². The Balaban J connectivity index is 2.38. The van der Waals surface area contributed by atoms with Gasteiger partial charge in [0.15, 0.2) is 15.8 Å². The van der Waals surface area contributed by atoms with Crippen LogP contribution in [0.25, 0.3) is 10.3 Å². The molecule has 0 aliphatic carbocycles. The second-order valence-corrected chi connectivity index (χ2v) is 6.19. The molecule has 0 fully saturated rings. The molecule has 0 N–H and O–H groups in total. The predicted molar refractivity (Wildman–Crippen MR) is 76.3 cm³/mol. The molecule has 0 bridgehead atoms. The predicted octanol–water partition coefficient (Wildman–Crippen LogP) is 3.30. The van der Waals surface area contributed by atoms with Gasteiger partial charge in [-0.1, -0.05) is 18.7 Å². The molecule has 2 aromatic rings. The average molecular weight is 283 g/mol. The number of ether oxygens (including phenoxy) is 1. The minimum atomic E-state index is 0.187. The zero-order valence-corrected chi connectivity index (χ0v) is 12.7. The zero-order chi connectivity index (χ0) is 13.1. The van der Waals surface area contributed by atoms with Crippen molar-refractivity contribution >= 4 is 33.4 Å². The first kappa shape index (κ1) is 13.7. The number of aryl methyl sites for hydroxylation is 1. The Morgan fingerprint density at radius 3 is 2.67 bits per heavy atom. The lowest BCUT2D eigenvalue weighted by Gasteiger charge is -2.07. The van der Waals surface area contributed by atoms with E-state index >= 15 is 0 Å². The molecule has 0 amide bonds. The van der Waals surface area contributed by atoms with Gasteiger partial charge in [-0.05, 0) is 26.5 Å². The molecule has 18 heavy (non-hydrogen) atoms. The molecule has 6 heteroatoms. The highest BCUT2D eigenvalue weighted by Crippen LogP contribution is 2.29. The molecule has 0 radical (unpaired) electrons. The van der Waals surface area contributed by atoms with Crippen LogP contribution in [-0.2, 0) is 17.8 Å². The summed E-state index contributed by atoms with van der Waals surface area (Å²) in [5.74, 6) is 0.728. The first-order chi connectivity index (χ1) is 8.63. The van der Waals surface area contributed by atoms with E-state index in [1.807, 2.05) is 20.1 Å². The van der Waals surface area contributed by atoms with E-state index in [2.05, 4.69) is 21.9 Å². The summed E-state index contributed by atoms with van der Waals surface area (Å²) in [4.78, 5) is 13.5. The minimum Gasteiger partial charge on any atom is -0.371 e. The van der Waals surface area contributed by atoms with Gasteiger partial charge in [-0.2, -0.15) is 0 Å². The summed E-state index contributed by atoms with van der Waals surface area (Å²) in [6, 6.07) is 0. The Labute approximate surface area is 115 Å². The SMILES string of the molecule is CCc1nc(COC(C)C)nc2nc(SC)sc12. The van der Waals surface area contributed by atoms with Crippen LogP contribution in [0.5, 0.6) is 0 Å². The van der Waals surface area contributed by atoms with Crippen LogP contribution in [-0.4, -0.2) is 27.3 Å². The van der Waals surface area contributed by atoms with Crippen LogP contribution in [0.15, 0.2) is 4.34 Å². The van der Waals surface area contributed by atoms with E-state index in [4.69, 9.17) is 4.74 Å². The fourth-order valence-corrected chi connectivity index (χ4v) is 3.10. The van der Waals surface area contributed by atoms with E-state index in [0.29, 0.717) is 6.61 Å². The zero-order valence-electron chi connectivity index (χ0n) is 11.1. The van der Waals surface area contributed by atoms with Crippen LogP contribution in [0.3, 0.4) is 0 Å². The van der Waals surface area contributed by atoms with Gasteiger partial charge in [0.25, 0.3) is 0 Å². The number of thiazole rings is 1. The quantitative estimate of drug-likeness (QED) is 0.788. The third kappa shape index (κ3) is 2.99. The number of aromatic nitrogens is 3. The molecule has 0 spiro atoms. The van der Waals surface area contributed by atoms with Crippen molar-refractivity contribution in [3.05, 3.63) is 11.5 Å². The van der Waals surface area contributed by atoms with E-state index in [-0.39, 0.29) is 6.10 Å². The van der Waals surface area contributed by atoms with E-state index < -0.39 is 0 Å². The molecule has 98 valence electrons. The molecule has 2 aromatic heterocycles. The van der Waals surface area contributed by atoms with Crippen LogP contribution >= 0.6 is 23.1 Å². The van der Waals surface area contributed by atoms with Crippen molar-refractivity contribution in [1.29, 1.82) is 0 Å². The Hall–Kier alpha value is -0.720. The van der Waals surface area contributed by atoms with Gasteiger partial charge in [-0.25, -0.2) is 15.0 Å². The monoisotopic (exact) mass is 283 g/mol. The number of thioether (sulfide) groups is 1. The highest BCUT2D eigenvalue weighted by molar-refractivity contribution is 8.00. The second-order valence-electron chi connectivity index (χ2n) is 4.14. The molecule has 0 unspecified atom stereocenters. The second kappa shape index (κ2) is 5.95. The summed E-state index contributed by atoms with van der Waals surface area (Å²) in [5, 5.41) is 0. The summed E-state index contributed by atoms with van der Waals surface area (Å²) < 4.78 is 7.70. The Bertz CT molecular complexity index is 539. The van der Waals surface area contributed by atoms with Crippen LogP contribution in [0, 0.1) is 0 Å². The first-order valence-electron chi connectivity index (χ1n) is 5.96. The van der Waals surface area contributed by atoms with Gasteiger partial charge in [0, 0.05) is 0 Å². The molecule has 0 aromatic carbocycles. The number of hydrogen-bond acceptors (Lipinski definition) is 6. The first-order valence-corrected chi connectivity index (χ1v) is 8.00. The van der Waals surface area contributed by atoms with E-state index in [1.165, 1.54) is 0 Å². The fourth-order valence-electron chi connectivity index (χ4n) is 1.54. The Morgan fingerprint density at radius 2 is 2.06 bits per heavy atom. The molecule has 0 aliphatic heterocycles. The molecule has 2 rings (SSSR count). The minimum absolute atomic E-state index is 0.187. The number of hydrogen-bond donors (Lipinski definition) is 0. The number of rotatable bonds is 5. The fraction of sp³-hybridized carbons (Fsp3) is 0.583. The average Bonchev–Trinajstić information content (AvgIpc) is 2.78. The van der Waals surface area contributed by atoms with Gasteiger partial charge in [0.1, 0.15) is 6.61 Å². The van der Waals surface area contributed by atoms with Crippen LogP contribution < -0.4 is 0 Å². The molecule has 0 saturated heterocycles. The lowest BCUT2D eigenvalue weighted by atomic mass is 10.3. The lowest BCUT2D eigenvalue weighted by Crippen LogP contribution is -2.07. The Kier molecular flexibility index (Phi) is 4.53. The summed E-state index contributed by atoms with van der Waals surface area (Å²) >= 11 is 3.31. The van der Waals surface area contributed by atoms with Crippen molar-refractivity contribution in [1.82, 2.24) is 15.0 Å². The lowest BCUT2D eigenvalue weighted by molar-refractivity contribution is 0.0613. The highest BCUT2D eigenvalue weighted by Gasteiger charge is 2.12. The third-order valence-electron chi connectivity index (χ3n) is 2.41. The highest BCUT2D eigenvalue weighted by atomic mass is 32.2. The summed E-state index contributed by atoms with van der Waals surface area (Å²) in [5.41, 5.74) is 1.87. The van der Waals surface area contributed by atoms with Crippen molar-refractivity contribution < 1.29 is 4.74 Å². The smallest absolute Gasteiger partial charge is 0.175 e. The summed E-state index contributed by atoms with van der Waals surface area (Å²) in [7, 11) is 0. The maximum Gasteiger partial charge on any atom is 0.175 e. The molecule has 4 nitrogen and oxygen atoms in total. The van der Waals surface area contributed by atoms with E-state index in [0.717, 1.165) is 32.6 Å². The molecule has 0 atom stereocenters. The summed E-state index contributed by atoms with van der Waals surface area (Å²) in [6.45, 7) is 6.57. The number of fused-ring (bicyclic) bond motifs is 1. The molecular weight excluding hydrogens is 266 g/mol. The van der Waals surface area contributed by atoms with Crippen molar-refractivity contribution in [3.8, 4) is 0 Å². The van der Waals surface area contributed by atoms with Gasteiger partial charge in [0.2, 0.25) is 0 Å². The van der Waals surface area contributed by atoms with E-state index in [1.54, 1.807) is 23.1 Å². The van der Waals surface area contributed by atoms with Crippen molar-refractivity contribution in [2.24, 2.45) is 0 Å². The van der Waals surface area contributed by atoms with Crippen molar-refractivity contribution in [2.75, 3.05) is 6.26 Å². The Morgan fingerprint density at radius 1 is 1.28 bits per heavy atom. The van der Waals surface area contributed by atoms with Gasteiger partial charge >= 0.3 is 0 Å². The van der Waals surface area contributed by atoms with Gasteiger partial charge < -0.3 is 4.74 Å². The van der Waals surface area contributed by atoms with Crippen molar-refractivity contribution in [3.63, 3.8) is 0 Å². The third-order valence-corrected chi connectivity index (χ3v) is 4.48. The van der Waals surface area contributed by atoms with E-state index in [9.17, 15) is 0 Å². The standard InChI is InChI=1S/C12H17N3OS2/c1-5-8-10-11(15-12(17-4)18-10)14-9(13-8)6-16-7(2)3/h7H,5-6H2,1-4H3. The van der Waals surface area contributed by atoms with Crippen molar-refractivity contribution in [2.45, 2.75) is 44.2 Å². The van der Waals surface area contributed by atoms with Crippen LogP contribution in [0.2, 0.25) is 0 Å². The summed E-state index contributed by atoms with van der Waals surface area (Å²) in [6.07, 6.45) is 3.11. The van der Waals surface area contributed by atoms with Gasteiger partial charge in [-0.3, -0.25) is 0 Å². The topological polar surface area (TPSA) is 47.9 Å². The van der Waals surface area contributed by atoms with Gasteiger partial charge in [-0.15, -0.1) is 11.3 Å². The largest absolute Gasteiger partial charge is 0.371 e. The normalized spacial score (nSPS) is 11.6. The maximum atomic E-state index is 5.55. The molecular formula is C12H17N3OS2. The number of nitrogens with zero attached hydrogens (tertiary/aromatic N) is 3. The van der Waals surface area contributed by atoms with Gasteiger partial charge in [0.05, 0.1) is 16.5 Å². The molecule has 2 heterocycles.